The van der Waals surface area contributed by atoms with E-state index in [0.717, 1.165) is 23.1 Å². The first-order valence-electron chi connectivity index (χ1n) is 9.01. The van der Waals surface area contributed by atoms with Crippen molar-refractivity contribution in [1.82, 2.24) is 10.2 Å². The topological polar surface area (TPSA) is 94.3 Å². The number of carbonyl (C=O) groups is 2. The summed E-state index contributed by atoms with van der Waals surface area (Å²) in [6.45, 7) is 5.35. The molecule has 0 spiro atoms. The lowest BCUT2D eigenvalue weighted by atomic mass is 10.1. The van der Waals surface area contributed by atoms with E-state index >= 15 is 0 Å². The molecule has 7 nitrogen and oxygen atoms in total. The van der Waals surface area contributed by atoms with Gasteiger partial charge < -0.3 is 14.5 Å². The fraction of sp³-hybridized carbons (Fsp3) is 0.238. The highest BCUT2D eigenvalue weighted by atomic mass is 32.2. The molecule has 150 valence electrons. The summed E-state index contributed by atoms with van der Waals surface area (Å²) in [4.78, 5) is 23.9. The number of rotatable bonds is 8. The van der Waals surface area contributed by atoms with Crippen LogP contribution in [-0.2, 0) is 11.4 Å². The van der Waals surface area contributed by atoms with Crippen LogP contribution in [-0.4, -0.2) is 27.1 Å². The molecule has 0 aliphatic carbocycles. The zero-order chi connectivity index (χ0) is 20.8. The van der Waals surface area contributed by atoms with E-state index in [1.165, 1.54) is 6.92 Å². The first-order valence-corrected chi connectivity index (χ1v) is 9.89. The fourth-order valence-corrected chi connectivity index (χ4v) is 3.16. The van der Waals surface area contributed by atoms with Gasteiger partial charge in [0.2, 0.25) is 5.91 Å². The van der Waals surface area contributed by atoms with Gasteiger partial charge in [-0.25, -0.2) is 0 Å². The number of hydrogen-bond acceptors (Lipinski definition) is 7. The molecule has 0 saturated carbocycles. The Kier molecular flexibility index (Phi) is 6.66. The van der Waals surface area contributed by atoms with Crippen LogP contribution in [0.1, 0.15) is 35.7 Å². The first kappa shape index (κ1) is 20.6. The molecule has 0 unspecified atom stereocenters. The van der Waals surface area contributed by atoms with Crippen LogP contribution in [0.15, 0.2) is 58.2 Å². The molecule has 3 aromatic rings. The van der Waals surface area contributed by atoms with Crippen LogP contribution in [0.25, 0.3) is 0 Å². The second-order valence-electron chi connectivity index (χ2n) is 6.45. The van der Waals surface area contributed by atoms with E-state index < -0.39 is 5.25 Å². The molecular weight excluding hydrogens is 390 g/mol. The Morgan fingerprint density at radius 1 is 1.17 bits per heavy atom. The van der Waals surface area contributed by atoms with Gasteiger partial charge in [-0.15, -0.1) is 10.2 Å². The van der Waals surface area contributed by atoms with Gasteiger partial charge in [0, 0.05) is 11.3 Å². The van der Waals surface area contributed by atoms with Crippen LogP contribution in [0.3, 0.4) is 0 Å². The summed E-state index contributed by atoms with van der Waals surface area (Å²) in [5.41, 5.74) is 2.20. The average molecular weight is 411 g/mol. The van der Waals surface area contributed by atoms with Crippen molar-refractivity contribution < 1.29 is 18.7 Å². The molecule has 1 aromatic heterocycles. The number of amides is 1. The number of ether oxygens (including phenoxy) is 1. The van der Waals surface area contributed by atoms with E-state index in [4.69, 9.17) is 9.15 Å². The van der Waals surface area contributed by atoms with Crippen molar-refractivity contribution in [3.63, 3.8) is 0 Å². The molecule has 0 fully saturated rings. The molecule has 8 heteroatoms. The van der Waals surface area contributed by atoms with Crippen LogP contribution < -0.4 is 10.1 Å². The molecule has 29 heavy (non-hydrogen) atoms. The molecule has 0 saturated heterocycles. The van der Waals surface area contributed by atoms with E-state index in [1.807, 2.05) is 31.2 Å². The Hall–Kier alpha value is -3.13. The molecule has 3 rings (SSSR count). The van der Waals surface area contributed by atoms with E-state index in [2.05, 4.69) is 15.5 Å². The lowest BCUT2D eigenvalue weighted by Gasteiger charge is -2.10. The van der Waals surface area contributed by atoms with Crippen molar-refractivity contribution in [2.75, 3.05) is 5.32 Å². The summed E-state index contributed by atoms with van der Waals surface area (Å²) in [6, 6.07) is 14.5. The average Bonchev–Trinajstić information content (AvgIpc) is 3.14. The third kappa shape index (κ3) is 5.92. The number of benzene rings is 2. The van der Waals surface area contributed by atoms with Crippen molar-refractivity contribution in [1.29, 1.82) is 0 Å². The monoisotopic (exact) mass is 411 g/mol. The number of thioether (sulfide) groups is 1. The number of aryl methyl sites for hydroxylation is 1. The van der Waals surface area contributed by atoms with Gasteiger partial charge in [0.05, 0.1) is 5.25 Å². The molecule has 1 amide bonds. The Balaban J connectivity index is 1.54. The van der Waals surface area contributed by atoms with E-state index in [1.54, 1.807) is 31.2 Å². The zero-order valence-corrected chi connectivity index (χ0v) is 17.2. The van der Waals surface area contributed by atoms with Gasteiger partial charge >= 0.3 is 0 Å². The largest absolute Gasteiger partial charge is 0.484 e. The third-order valence-corrected chi connectivity index (χ3v) is 4.92. The number of nitrogens with zero attached hydrogens (tertiary/aromatic N) is 2. The second kappa shape index (κ2) is 9.38. The minimum absolute atomic E-state index is 0.0604. The third-order valence-electron chi connectivity index (χ3n) is 3.98. The normalized spacial score (nSPS) is 11.7. The fourth-order valence-electron chi connectivity index (χ4n) is 2.46. The number of aromatic nitrogens is 2. The van der Waals surface area contributed by atoms with Gasteiger partial charge in [-0.05, 0) is 50.6 Å². The second-order valence-corrected chi connectivity index (χ2v) is 7.75. The molecule has 1 N–H and O–H groups in total. The minimum atomic E-state index is -0.470. The van der Waals surface area contributed by atoms with Gasteiger partial charge in [-0.3, -0.25) is 9.59 Å². The van der Waals surface area contributed by atoms with Gasteiger partial charge in [-0.2, -0.15) is 0 Å². The number of ketones is 1. The van der Waals surface area contributed by atoms with Gasteiger partial charge in [0.25, 0.3) is 11.1 Å². The summed E-state index contributed by atoms with van der Waals surface area (Å²) in [7, 11) is 0. The van der Waals surface area contributed by atoms with Crippen LogP contribution in [0.2, 0.25) is 0 Å². The first-order chi connectivity index (χ1) is 13.9. The lowest BCUT2D eigenvalue weighted by Crippen LogP contribution is -2.22. The van der Waals surface area contributed by atoms with E-state index in [0.29, 0.717) is 17.1 Å². The van der Waals surface area contributed by atoms with Crippen molar-refractivity contribution in [3.8, 4) is 5.75 Å². The maximum atomic E-state index is 12.4. The van der Waals surface area contributed by atoms with Gasteiger partial charge in [0.1, 0.15) is 5.75 Å². The molecule has 0 bridgehead atoms. The summed E-state index contributed by atoms with van der Waals surface area (Å²) >= 11 is 1.15. The van der Waals surface area contributed by atoms with Crippen molar-refractivity contribution >= 4 is 29.1 Å². The maximum absolute atomic E-state index is 12.4. The molecular formula is C21H21N3O4S. The Morgan fingerprint density at radius 3 is 2.72 bits per heavy atom. The Bertz CT molecular complexity index is 1020. The SMILES string of the molecule is CC(=O)c1cccc(NC(=O)[C@@H](C)Sc2nnc(COc3cccc(C)c3)o2)c1. The predicted octanol–water partition coefficient (Wildman–Crippen LogP) is 4.28. The number of Topliss-reactive ketones (excluding diaryl/α,β-unsaturated/α-hetero) is 1. The summed E-state index contributed by atoms with van der Waals surface area (Å²) in [5, 5.41) is 10.5. The molecule has 0 aliphatic rings. The smallest absolute Gasteiger partial charge is 0.277 e. The van der Waals surface area contributed by atoms with Crippen LogP contribution >= 0.6 is 11.8 Å². The summed E-state index contributed by atoms with van der Waals surface area (Å²) in [6.07, 6.45) is 0. The zero-order valence-electron chi connectivity index (χ0n) is 16.3. The van der Waals surface area contributed by atoms with Crippen molar-refractivity contribution in [2.24, 2.45) is 0 Å². The number of hydrogen-bond donors (Lipinski definition) is 1. The summed E-state index contributed by atoms with van der Waals surface area (Å²) < 4.78 is 11.2. The van der Waals surface area contributed by atoms with Crippen LogP contribution in [0.5, 0.6) is 5.75 Å². The van der Waals surface area contributed by atoms with Crippen molar-refractivity contribution in [2.45, 2.75) is 37.9 Å². The molecule has 1 heterocycles. The molecule has 2 aromatic carbocycles. The number of nitrogens with one attached hydrogen (secondary N) is 1. The highest BCUT2D eigenvalue weighted by Crippen LogP contribution is 2.24. The van der Waals surface area contributed by atoms with E-state index in [-0.39, 0.29) is 23.5 Å². The lowest BCUT2D eigenvalue weighted by molar-refractivity contribution is -0.115. The number of carbonyl (C=O) groups excluding carboxylic acids is 2. The summed E-state index contributed by atoms with van der Waals surface area (Å²) in [5.74, 6) is 0.759. The van der Waals surface area contributed by atoms with Crippen LogP contribution in [0, 0.1) is 6.92 Å². The molecule has 0 aliphatic heterocycles. The number of anilines is 1. The quantitative estimate of drug-likeness (QED) is 0.437. The van der Waals surface area contributed by atoms with Crippen molar-refractivity contribution in [3.05, 3.63) is 65.5 Å². The Labute approximate surface area is 172 Å². The Morgan fingerprint density at radius 2 is 1.97 bits per heavy atom. The maximum Gasteiger partial charge on any atom is 0.277 e. The standard InChI is InChI=1S/C21H21N3O4S/c1-13-6-4-9-18(10-13)27-12-19-23-24-21(28-19)29-15(3)20(26)22-17-8-5-7-16(11-17)14(2)25/h4-11,15H,12H2,1-3H3,(H,22,26)/t15-/m1/s1. The highest BCUT2D eigenvalue weighted by Gasteiger charge is 2.19. The van der Waals surface area contributed by atoms with Gasteiger partial charge in [-0.1, -0.05) is 36.0 Å². The predicted molar refractivity (Wildman–Crippen MR) is 110 cm³/mol. The molecule has 1 atom stereocenters. The molecule has 0 radical (unpaired) electrons. The minimum Gasteiger partial charge on any atom is -0.484 e. The highest BCUT2D eigenvalue weighted by molar-refractivity contribution is 8.00. The van der Waals surface area contributed by atoms with Crippen LogP contribution in [0.4, 0.5) is 5.69 Å². The van der Waals surface area contributed by atoms with Gasteiger partial charge in [0.15, 0.2) is 12.4 Å². The van der Waals surface area contributed by atoms with E-state index in [9.17, 15) is 9.59 Å².